The first kappa shape index (κ1) is 26.4. The second kappa shape index (κ2) is 14.3. The molecular weight excluding hydrogens is 394 g/mol. The molecule has 0 saturated heterocycles. The van der Waals surface area contributed by atoms with Gasteiger partial charge in [0.25, 0.3) is 0 Å². The number of allylic oxidation sites excluding steroid dienone is 2. The standard InChI is InChI=1S/C27H47N5/c1-6-27(2,3)18-10-13-23(14-11-21-32(4)5)12-7-8-19-28-24-15-9-16-25(29-22-24)26-17-20-30-31-26/h9,16-17,20,22-23,28H,6-8,10-15,18-19,21H2,1-5H3,(H,30,31). The molecule has 1 atom stereocenters. The van der Waals surface area contributed by atoms with Crippen LogP contribution in [0.25, 0.3) is 0 Å². The van der Waals surface area contributed by atoms with Gasteiger partial charge in [-0.1, -0.05) is 59.0 Å². The summed E-state index contributed by atoms with van der Waals surface area (Å²) in [5.74, 6) is 0.879. The minimum Gasteiger partial charge on any atom is -0.387 e. The van der Waals surface area contributed by atoms with E-state index in [9.17, 15) is 0 Å². The van der Waals surface area contributed by atoms with Crippen molar-refractivity contribution in [2.45, 2.75) is 85.0 Å². The molecule has 1 aliphatic rings. The number of aromatic amines is 1. The minimum absolute atomic E-state index is 0.499. The van der Waals surface area contributed by atoms with Crippen LogP contribution in [0.15, 0.2) is 41.3 Å². The average molecular weight is 442 g/mol. The molecule has 0 fully saturated rings. The summed E-state index contributed by atoms with van der Waals surface area (Å²) in [6.07, 6.45) is 20.9. The molecule has 0 bridgehead atoms. The van der Waals surface area contributed by atoms with Gasteiger partial charge in [0.1, 0.15) is 0 Å². The molecular formula is C27H47N5. The summed E-state index contributed by atoms with van der Waals surface area (Å²) < 4.78 is 0. The van der Waals surface area contributed by atoms with Gasteiger partial charge in [0.05, 0.1) is 11.4 Å². The van der Waals surface area contributed by atoms with Gasteiger partial charge in [-0.15, -0.1) is 0 Å². The van der Waals surface area contributed by atoms with Gasteiger partial charge in [-0.05, 0) is 69.8 Å². The van der Waals surface area contributed by atoms with E-state index in [1.54, 1.807) is 6.20 Å². The highest BCUT2D eigenvalue weighted by Gasteiger charge is 2.16. The Kier molecular flexibility index (Phi) is 11.8. The molecule has 2 rings (SSSR count). The van der Waals surface area contributed by atoms with E-state index in [-0.39, 0.29) is 0 Å². The Morgan fingerprint density at radius 3 is 2.62 bits per heavy atom. The van der Waals surface area contributed by atoms with Crippen LogP contribution in [0.1, 0.15) is 90.7 Å². The monoisotopic (exact) mass is 441 g/mol. The van der Waals surface area contributed by atoms with Crippen LogP contribution in [0.3, 0.4) is 0 Å². The summed E-state index contributed by atoms with van der Waals surface area (Å²) in [5, 5.41) is 10.6. The number of nitrogens with zero attached hydrogens (tertiary/aromatic N) is 3. The Labute approximate surface area is 196 Å². The molecule has 0 aliphatic carbocycles. The fourth-order valence-electron chi connectivity index (χ4n) is 4.20. The molecule has 2 N–H and O–H groups in total. The number of unbranched alkanes of at least 4 members (excludes halogenated alkanes) is 1. The van der Waals surface area contributed by atoms with E-state index < -0.39 is 0 Å². The zero-order valence-electron chi connectivity index (χ0n) is 21.3. The first-order chi connectivity index (χ1) is 15.4. The zero-order valence-corrected chi connectivity index (χ0v) is 21.3. The molecule has 5 nitrogen and oxygen atoms in total. The quantitative estimate of drug-likeness (QED) is 0.295. The summed E-state index contributed by atoms with van der Waals surface area (Å²) in [7, 11) is 4.37. The van der Waals surface area contributed by atoms with E-state index in [4.69, 9.17) is 0 Å². The third-order valence-corrected chi connectivity index (χ3v) is 6.78. The maximum atomic E-state index is 4.61. The summed E-state index contributed by atoms with van der Waals surface area (Å²) in [4.78, 5) is 6.93. The molecule has 0 saturated carbocycles. The van der Waals surface area contributed by atoms with E-state index in [1.165, 1.54) is 70.0 Å². The van der Waals surface area contributed by atoms with Crippen molar-refractivity contribution in [3.63, 3.8) is 0 Å². The molecule has 1 aromatic rings. The van der Waals surface area contributed by atoms with Crippen LogP contribution in [0.2, 0.25) is 0 Å². The lowest BCUT2D eigenvalue weighted by molar-refractivity contribution is 0.280. The maximum absolute atomic E-state index is 4.61. The van der Waals surface area contributed by atoms with Crippen LogP contribution in [0, 0.1) is 11.3 Å². The Bertz CT molecular complexity index is 712. The first-order valence-electron chi connectivity index (χ1n) is 12.7. The van der Waals surface area contributed by atoms with Gasteiger partial charge in [0, 0.05) is 31.1 Å². The third kappa shape index (κ3) is 10.6. The Morgan fingerprint density at radius 2 is 1.91 bits per heavy atom. The molecule has 180 valence electrons. The summed E-state index contributed by atoms with van der Waals surface area (Å²) in [6.45, 7) is 9.39. The van der Waals surface area contributed by atoms with Gasteiger partial charge in [-0.3, -0.25) is 10.1 Å². The number of aliphatic imine (C=N–C) groups is 1. The van der Waals surface area contributed by atoms with Crippen molar-refractivity contribution < 1.29 is 0 Å². The van der Waals surface area contributed by atoms with E-state index in [2.05, 4.69) is 72.4 Å². The highest BCUT2D eigenvalue weighted by molar-refractivity contribution is 6.07. The molecule has 32 heavy (non-hydrogen) atoms. The normalized spacial score (nSPS) is 15.4. The van der Waals surface area contributed by atoms with Crippen molar-refractivity contribution in [3.8, 4) is 0 Å². The molecule has 0 radical (unpaired) electrons. The fraction of sp³-hybridized carbons (Fsp3) is 0.704. The van der Waals surface area contributed by atoms with Crippen molar-refractivity contribution in [2.24, 2.45) is 16.3 Å². The van der Waals surface area contributed by atoms with Gasteiger partial charge in [-0.25, -0.2) is 0 Å². The molecule has 1 aromatic heterocycles. The van der Waals surface area contributed by atoms with Gasteiger partial charge < -0.3 is 10.2 Å². The van der Waals surface area contributed by atoms with Crippen LogP contribution in [-0.4, -0.2) is 48.0 Å². The first-order valence-corrected chi connectivity index (χ1v) is 12.7. The molecule has 0 aromatic carbocycles. The smallest absolute Gasteiger partial charge is 0.0878 e. The number of rotatable bonds is 16. The predicted molar refractivity (Wildman–Crippen MR) is 138 cm³/mol. The number of nitrogens with one attached hydrogen (secondary N) is 2. The van der Waals surface area contributed by atoms with Gasteiger partial charge >= 0.3 is 0 Å². The van der Waals surface area contributed by atoms with Crippen LogP contribution in [-0.2, 0) is 0 Å². The van der Waals surface area contributed by atoms with Gasteiger partial charge in [0.2, 0.25) is 0 Å². The van der Waals surface area contributed by atoms with Crippen molar-refractivity contribution in [1.82, 2.24) is 20.4 Å². The van der Waals surface area contributed by atoms with Crippen molar-refractivity contribution >= 4 is 5.71 Å². The van der Waals surface area contributed by atoms with E-state index in [0.717, 1.165) is 30.3 Å². The molecule has 1 aliphatic heterocycles. The Balaban J connectivity index is 1.71. The Hall–Kier alpha value is -1.88. The highest BCUT2D eigenvalue weighted by Crippen LogP contribution is 2.30. The topological polar surface area (TPSA) is 56.3 Å². The third-order valence-electron chi connectivity index (χ3n) is 6.78. The van der Waals surface area contributed by atoms with E-state index >= 15 is 0 Å². The van der Waals surface area contributed by atoms with Crippen LogP contribution >= 0.6 is 0 Å². The minimum atomic E-state index is 0.499. The lowest BCUT2D eigenvalue weighted by atomic mass is 9.82. The van der Waals surface area contributed by atoms with E-state index in [0.29, 0.717) is 5.41 Å². The number of hydrogen-bond donors (Lipinski definition) is 2. The molecule has 2 heterocycles. The molecule has 5 heteroatoms. The fourth-order valence-corrected chi connectivity index (χ4v) is 4.20. The van der Waals surface area contributed by atoms with Crippen molar-refractivity contribution in [1.29, 1.82) is 0 Å². The second-order valence-corrected chi connectivity index (χ2v) is 10.4. The van der Waals surface area contributed by atoms with E-state index in [1.807, 2.05) is 12.3 Å². The largest absolute Gasteiger partial charge is 0.387 e. The molecule has 0 amide bonds. The van der Waals surface area contributed by atoms with Crippen LogP contribution in [0.5, 0.6) is 0 Å². The predicted octanol–water partition coefficient (Wildman–Crippen LogP) is 6.32. The zero-order chi connectivity index (χ0) is 23.2. The van der Waals surface area contributed by atoms with Crippen LogP contribution < -0.4 is 5.32 Å². The SMILES string of the molecule is CCC(C)(C)CCCC(CCCCNC1=CN=C(c2ccn[nH]2)C=CC1)CCCN(C)C. The van der Waals surface area contributed by atoms with Crippen molar-refractivity contribution in [2.75, 3.05) is 27.2 Å². The van der Waals surface area contributed by atoms with Crippen LogP contribution in [0.4, 0.5) is 0 Å². The summed E-state index contributed by atoms with van der Waals surface area (Å²) >= 11 is 0. The number of H-pyrrole nitrogens is 1. The number of hydrogen-bond acceptors (Lipinski definition) is 4. The summed E-state index contributed by atoms with van der Waals surface area (Å²) in [6, 6.07) is 1.95. The average Bonchev–Trinajstić information content (AvgIpc) is 3.19. The molecule has 0 spiro atoms. The summed E-state index contributed by atoms with van der Waals surface area (Å²) in [5.41, 5.74) is 3.59. The highest BCUT2D eigenvalue weighted by atomic mass is 15.1. The molecule has 1 unspecified atom stereocenters. The van der Waals surface area contributed by atoms with Gasteiger partial charge in [-0.2, -0.15) is 5.10 Å². The number of aromatic nitrogens is 2. The maximum Gasteiger partial charge on any atom is 0.0878 e. The lowest BCUT2D eigenvalue weighted by Crippen LogP contribution is -2.16. The Morgan fingerprint density at radius 1 is 1.12 bits per heavy atom. The van der Waals surface area contributed by atoms with Crippen molar-refractivity contribution in [3.05, 3.63) is 42.0 Å². The second-order valence-electron chi connectivity index (χ2n) is 10.4. The lowest BCUT2D eigenvalue weighted by Gasteiger charge is -2.24. The van der Waals surface area contributed by atoms with Gasteiger partial charge in [0.15, 0.2) is 0 Å².